The highest BCUT2D eigenvalue weighted by Gasteiger charge is 2.28. The summed E-state index contributed by atoms with van der Waals surface area (Å²) >= 11 is 0. The lowest BCUT2D eigenvalue weighted by molar-refractivity contribution is -0.131. The summed E-state index contributed by atoms with van der Waals surface area (Å²) in [5.41, 5.74) is 0. The van der Waals surface area contributed by atoms with Gasteiger partial charge in [-0.1, -0.05) is 0 Å². The van der Waals surface area contributed by atoms with Crippen LogP contribution in [0.4, 0.5) is 0 Å². The number of aliphatic hydroxyl groups is 1. The second kappa shape index (κ2) is 4.94. The van der Waals surface area contributed by atoms with Crippen LogP contribution in [0.1, 0.15) is 19.3 Å². The largest absolute Gasteiger partial charge is 0.396 e. The van der Waals surface area contributed by atoms with Gasteiger partial charge in [0.1, 0.15) is 0 Å². The number of nitrogens with zero attached hydrogens (tertiary/aromatic N) is 1. The Hall–Kier alpha value is -0.610. The van der Waals surface area contributed by atoms with Gasteiger partial charge < -0.3 is 15.3 Å². The normalized spacial score (nSPS) is 26.7. The lowest BCUT2D eigenvalue weighted by Crippen LogP contribution is -2.45. The molecule has 0 aliphatic carbocycles. The Labute approximate surface area is 90.6 Å². The first-order valence-electron chi connectivity index (χ1n) is 5.89. The van der Waals surface area contributed by atoms with E-state index in [0.29, 0.717) is 24.2 Å². The second-order valence-corrected chi connectivity index (χ2v) is 4.74. The minimum Gasteiger partial charge on any atom is -0.396 e. The Bertz CT molecular complexity index is 229. The Morgan fingerprint density at radius 2 is 2.20 bits per heavy atom. The first-order valence-corrected chi connectivity index (χ1v) is 5.89. The summed E-state index contributed by atoms with van der Waals surface area (Å²) in [7, 11) is 0. The molecule has 0 aromatic rings. The third-order valence-corrected chi connectivity index (χ3v) is 3.51. The molecule has 0 bridgehead atoms. The predicted octanol–water partition coefficient (Wildman–Crippen LogP) is -0.173. The molecule has 2 heterocycles. The molecular formula is C11H20N2O2. The summed E-state index contributed by atoms with van der Waals surface area (Å²) in [6, 6.07) is 0. The van der Waals surface area contributed by atoms with E-state index < -0.39 is 0 Å². The summed E-state index contributed by atoms with van der Waals surface area (Å²) in [4.78, 5) is 13.8. The molecule has 0 radical (unpaired) electrons. The molecule has 15 heavy (non-hydrogen) atoms. The van der Waals surface area contributed by atoms with E-state index in [2.05, 4.69) is 5.32 Å². The molecule has 0 spiro atoms. The van der Waals surface area contributed by atoms with Crippen LogP contribution in [0.3, 0.4) is 0 Å². The Balaban J connectivity index is 1.71. The van der Waals surface area contributed by atoms with Gasteiger partial charge in [-0.2, -0.15) is 0 Å². The van der Waals surface area contributed by atoms with Crippen LogP contribution < -0.4 is 5.32 Å². The first-order chi connectivity index (χ1) is 7.29. The van der Waals surface area contributed by atoms with Gasteiger partial charge in [0.15, 0.2) is 0 Å². The van der Waals surface area contributed by atoms with Crippen LogP contribution in [0.2, 0.25) is 0 Å². The first kappa shape index (κ1) is 10.9. The maximum atomic E-state index is 11.8. The number of hydrogen-bond donors (Lipinski definition) is 2. The van der Waals surface area contributed by atoms with Crippen molar-refractivity contribution >= 4 is 5.91 Å². The van der Waals surface area contributed by atoms with Gasteiger partial charge in [0, 0.05) is 26.1 Å². The summed E-state index contributed by atoms with van der Waals surface area (Å²) in [6.07, 6.45) is 2.61. The fourth-order valence-electron chi connectivity index (χ4n) is 2.35. The summed E-state index contributed by atoms with van der Waals surface area (Å²) in [6.45, 7) is 4.00. The minimum absolute atomic E-state index is 0.249. The van der Waals surface area contributed by atoms with Gasteiger partial charge in [-0.15, -0.1) is 0 Å². The number of likely N-dealkylation sites (tertiary alicyclic amines) is 1. The zero-order chi connectivity index (χ0) is 10.7. The fraction of sp³-hybridized carbons (Fsp3) is 0.909. The van der Waals surface area contributed by atoms with Gasteiger partial charge >= 0.3 is 0 Å². The summed E-state index contributed by atoms with van der Waals surface area (Å²) < 4.78 is 0. The third kappa shape index (κ3) is 2.69. The maximum absolute atomic E-state index is 11.8. The zero-order valence-corrected chi connectivity index (χ0v) is 9.11. The summed E-state index contributed by atoms with van der Waals surface area (Å²) in [5, 5.41) is 12.0. The number of carbonyl (C=O) groups excluding carboxylic acids is 1. The van der Waals surface area contributed by atoms with Crippen molar-refractivity contribution in [2.45, 2.75) is 19.3 Å². The molecule has 1 unspecified atom stereocenters. The second-order valence-electron chi connectivity index (χ2n) is 4.74. The van der Waals surface area contributed by atoms with Gasteiger partial charge in [0.05, 0.1) is 0 Å². The number of carbonyl (C=O) groups is 1. The van der Waals surface area contributed by atoms with Crippen molar-refractivity contribution in [1.82, 2.24) is 10.2 Å². The van der Waals surface area contributed by atoms with E-state index in [1.165, 1.54) is 0 Å². The molecule has 2 rings (SSSR count). The molecule has 2 N–H and O–H groups in total. The Kier molecular flexibility index (Phi) is 3.59. The van der Waals surface area contributed by atoms with Crippen molar-refractivity contribution in [1.29, 1.82) is 0 Å². The molecule has 0 saturated carbocycles. The molecule has 0 aromatic heterocycles. The van der Waals surface area contributed by atoms with Crippen LogP contribution in [-0.2, 0) is 4.79 Å². The van der Waals surface area contributed by atoms with Gasteiger partial charge in [-0.05, 0) is 37.8 Å². The predicted molar refractivity (Wildman–Crippen MR) is 57.4 cm³/mol. The number of amides is 1. The number of rotatable bonds is 4. The van der Waals surface area contributed by atoms with E-state index in [4.69, 9.17) is 5.11 Å². The molecule has 2 saturated heterocycles. The number of aliphatic hydroxyl groups excluding tert-OH is 1. The van der Waals surface area contributed by atoms with Gasteiger partial charge in [0.25, 0.3) is 0 Å². The molecule has 2 aliphatic rings. The third-order valence-electron chi connectivity index (χ3n) is 3.51. The minimum atomic E-state index is 0.249. The van der Waals surface area contributed by atoms with Crippen LogP contribution in [0.25, 0.3) is 0 Å². The maximum Gasteiger partial charge on any atom is 0.222 e. The Morgan fingerprint density at radius 1 is 1.40 bits per heavy atom. The van der Waals surface area contributed by atoms with Crippen LogP contribution in [-0.4, -0.2) is 48.7 Å². The van der Waals surface area contributed by atoms with Crippen molar-refractivity contribution in [3.8, 4) is 0 Å². The fourth-order valence-corrected chi connectivity index (χ4v) is 2.35. The molecule has 2 aliphatic heterocycles. The molecule has 1 amide bonds. The molecule has 86 valence electrons. The van der Waals surface area contributed by atoms with Crippen molar-refractivity contribution in [3.63, 3.8) is 0 Å². The molecule has 2 fully saturated rings. The highest BCUT2D eigenvalue weighted by atomic mass is 16.3. The summed E-state index contributed by atoms with van der Waals surface area (Å²) in [5.74, 6) is 1.40. The standard InChI is InChI=1S/C11H20N2O2/c14-4-2-9-1-3-13(8-9)11(15)5-10-6-12-7-10/h9-10,12,14H,1-8H2. The highest BCUT2D eigenvalue weighted by molar-refractivity contribution is 5.76. The van der Waals surface area contributed by atoms with E-state index in [1.54, 1.807) is 0 Å². The SMILES string of the molecule is O=C(CC1CNC1)N1CCC(CCO)C1. The quantitative estimate of drug-likeness (QED) is 0.680. The Morgan fingerprint density at radius 3 is 2.80 bits per heavy atom. The van der Waals surface area contributed by atoms with Crippen LogP contribution in [0, 0.1) is 11.8 Å². The van der Waals surface area contributed by atoms with E-state index >= 15 is 0 Å². The molecular weight excluding hydrogens is 192 g/mol. The van der Waals surface area contributed by atoms with Gasteiger partial charge in [0.2, 0.25) is 5.91 Å². The highest BCUT2D eigenvalue weighted by Crippen LogP contribution is 2.21. The number of hydrogen-bond acceptors (Lipinski definition) is 3. The monoisotopic (exact) mass is 212 g/mol. The van der Waals surface area contributed by atoms with E-state index in [-0.39, 0.29) is 6.61 Å². The van der Waals surface area contributed by atoms with Crippen molar-refractivity contribution in [2.75, 3.05) is 32.8 Å². The molecule has 1 atom stereocenters. The average molecular weight is 212 g/mol. The smallest absolute Gasteiger partial charge is 0.222 e. The van der Waals surface area contributed by atoms with Crippen LogP contribution in [0.5, 0.6) is 0 Å². The van der Waals surface area contributed by atoms with E-state index in [0.717, 1.165) is 39.0 Å². The van der Waals surface area contributed by atoms with E-state index in [9.17, 15) is 4.79 Å². The van der Waals surface area contributed by atoms with Gasteiger partial charge in [-0.25, -0.2) is 0 Å². The van der Waals surface area contributed by atoms with Gasteiger partial charge in [-0.3, -0.25) is 4.79 Å². The van der Waals surface area contributed by atoms with Crippen molar-refractivity contribution in [2.24, 2.45) is 11.8 Å². The average Bonchev–Trinajstić information content (AvgIpc) is 2.60. The number of nitrogens with one attached hydrogen (secondary N) is 1. The van der Waals surface area contributed by atoms with E-state index in [1.807, 2.05) is 4.90 Å². The molecule has 4 heteroatoms. The van der Waals surface area contributed by atoms with Crippen molar-refractivity contribution < 1.29 is 9.90 Å². The van der Waals surface area contributed by atoms with Crippen LogP contribution in [0.15, 0.2) is 0 Å². The van der Waals surface area contributed by atoms with Crippen LogP contribution >= 0.6 is 0 Å². The molecule has 0 aromatic carbocycles. The molecule has 4 nitrogen and oxygen atoms in total. The zero-order valence-electron chi connectivity index (χ0n) is 9.11. The topological polar surface area (TPSA) is 52.6 Å². The van der Waals surface area contributed by atoms with Crippen molar-refractivity contribution in [3.05, 3.63) is 0 Å². The lowest BCUT2D eigenvalue weighted by Gasteiger charge is -2.28. The lowest BCUT2D eigenvalue weighted by atomic mass is 9.99.